The van der Waals surface area contributed by atoms with E-state index in [4.69, 9.17) is 33.8 Å². The van der Waals surface area contributed by atoms with Crippen LogP contribution in [0.3, 0.4) is 0 Å². The lowest BCUT2D eigenvalue weighted by Crippen LogP contribution is -2.58. The van der Waals surface area contributed by atoms with Gasteiger partial charge in [0.25, 0.3) is 0 Å². The number of aliphatic imine (C=N–C) groups is 2. The molecule has 0 fully saturated rings. The van der Waals surface area contributed by atoms with Gasteiger partial charge in [0.05, 0.1) is 6.10 Å². The molecule has 0 aliphatic rings. The van der Waals surface area contributed by atoms with Crippen LogP contribution in [0.2, 0.25) is 0 Å². The van der Waals surface area contributed by atoms with Gasteiger partial charge < -0.3 is 59.9 Å². The van der Waals surface area contributed by atoms with Gasteiger partial charge in [-0.1, -0.05) is 0 Å². The fourth-order valence-corrected chi connectivity index (χ4v) is 3.10. The number of guanidine groups is 2. The predicted molar refractivity (Wildman–Crippen MR) is 140 cm³/mol. The Hall–Kier alpha value is -4.19. The molecule has 0 saturated heterocycles. The molecule has 3 amide bonds. The summed E-state index contributed by atoms with van der Waals surface area (Å²) >= 11 is 0. The van der Waals surface area contributed by atoms with Crippen molar-refractivity contribution in [2.75, 3.05) is 13.1 Å². The lowest BCUT2D eigenvalue weighted by Gasteiger charge is -2.25. The van der Waals surface area contributed by atoms with Crippen molar-refractivity contribution in [3.05, 3.63) is 0 Å². The molecule has 16 N–H and O–H groups in total. The van der Waals surface area contributed by atoms with Gasteiger partial charge in [-0.05, 0) is 39.0 Å². The largest absolute Gasteiger partial charge is 0.481 e. The number of nitrogens with two attached hydrogens (primary N) is 5. The first-order valence-corrected chi connectivity index (χ1v) is 12.1. The van der Waals surface area contributed by atoms with Gasteiger partial charge in [0.2, 0.25) is 17.7 Å². The molecule has 0 heterocycles. The number of aliphatic hydroxyl groups excluding tert-OH is 1. The number of nitrogens with one attached hydrogen (secondary N) is 3. The third kappa shape index (κ3) is 15.6. The molecule has 0 rings (SSSR count). The zero-order valence-electron chi connectivity index (χ0n) is 21.7. The number of amides is 3. The molecule has 0 aliphatic heterocycles. The first-order chi connectivity index (χ1) is 18.1. The average Bonchev–Trinajstić information content (AvgIpc) is 2.83. The van der Waals surface area contributed by atoms with Gasteiger partial charge in [0.15, 0.2) is 11.9 Å². The molecule has 0 aromatic heterocycles. The lowest BCUT2D eigenvalue weighted by atomic mass is 10.1. The smallest absolute Gasteiger partial charge is 0.326 e. The van der Waals surface area contributed by atoms with Crippen molar-refractivity contribution in [2.45, 2.75) is 75.7 Å². The number of hydrogen-bond acceptors (Lipinski definition) is 9. The molecular weight excluding hydrogens is 520 g/mol. The van der Waals surface area contributed by atoms with Gasteiger partial charge in [-0.25, -0.2) is 4.79 Å². The minimum absolute atomic E-state index is 0.0135. The standard InChI is InChI=1S/C21H40N10O8/c1-10(32)15(22)18(37)30-12(5-3-9-28-21(25)26)16(35)29-11(4-2-8-27-20(23)24)17(36)31-13(19(38)39)6-7-14(33)34/h10-13,15,32H,2-9,22H2,1H3,(H,29,35)(H,30,37)(H,31,36)(H,33,34)(H,38,39)(H4,23,24,27)(H4,25,26,28). The number of carboxylic acids is 2. The summed E-state index contributed by atoms with van der Waals surface area (Å²) < 4.78 is 0. The van der Waals surface area contributed by atoms with Crippen LogP contribution in [0.15, 0.2) is 9.98 Å². The molecule has 0 bridgehead atoms. The van der Waals surface area contributed by atoms with Crippen LogP contribution >= 0.6 is 0 Å². The average molecular weight is 561 g/mol. The Morgan fingerprint density at radius 3 is 1.49 bits per heavy atom. The summed E-state index contributed by atoms with van der Waals surface area (Å²) in [6, 6.07) is -5.42. The predicted octanol–water partition coefficient (Wildman–Crippen LogP) is -4.79. The summed E-state index contributed by atoms with van der Waals surface area (Å²) in [4.78, 5) is 68.4. The highest BCUT2D eigenvalue weighted by molar-refractivity contribution is 5.94. The molecule has 0 spiro atoms. The van der Waals surface area contributed by atoms with E-state index in [9.17, 15) is 34.2 Å². The Morgan fingerprint density at radius 2 is 1.13 bits per heavy atom. The van der Waals surface area contributed by atoms with E-state index in [1.54, 1.807) is 0 Å². The molecule has 0 saturated carbocycles. The molecule has 18 heteroatoms. The molecule has 39 heavy (non-hydrogen) atoms. The topological polar surface area (TPSA) is 337 Å². The molecule has 222 valence electrons. The van der Waals surface area contributed by atoms with Gasteiger partial charge in [0.1, 0.15) is 24.2 Å². The summed E-state index contributed by atoms with van der Waals surface area (Å²) in [5, 5.41) is 34.9. The van der Waals surface area contributed by atoms with Crippen LogP contribution in [-0.2, 0) is 24.0 Å². The molecule has 0 aromatic carbocycles. The highest BCUT2D eigenvalue weighted by atomic mass is 16.4. The Kier molecular flexibility index (Phi) is 16.2. The summed E-state index contributed by atoms with van der Waals surface area (Å²) in [6.45, 7) is 1.50. The minimum Gasteiger partial charge on any atom is -0.481 e. The first kappa shape index (κ1) is 34.8. The van der Waals surface area contributed by atoms with E-state index in [2.05, 4.69) is 25.9 Å². The van der Waals surface area contributed by atoms with E-state index in [0.717, 1.165) is 0 Å². The van der Waals surface area contributed by atoms with Crippen molar-refractivity contribution >= 4 is 41.6 Å². The van der Waals surface area contributed by atoms with Crippen LogP contribution in [0.4, 0.5) is 0 Å². The number of hydrogen-bond donors (Lipinski definition) is 11. The molecule has 5 atom stereocenters. The van der Waals surface area contributed by atoms with E-state index in [0.29, 0.717) is 0 Å². The number of carboxylic acid groups (broad SMARTS) is 2. The van der Waals surface area contributed by atoms with Crippen molar-refractivity contribution in [1.82, 2.24) is 16.0 Å². The zero-order chi connectivity index (χ0) is 30.1. The Labute approximate surface area is 224 Å². The van der Waals surface area contributed by atoms with Crippen molar-refractivity contribution in [2.24, 2.45) is 38.7 Å². The summed E-state index contributed by atoms with van der Waals surface area (Å²) in [5.41, 5.74) is 26.8. The maximum atomic E-state index is 13.1. The number of carbonyl (C=O) groups is 5. The molecule has 0 aromatic rings. The van der Waals surface area contributed by atoms with Crippen LogP contribution in [0, 0.1) is 0 Å². The Bertz CT molecular complexity index is 903. The van der Waals surface area contributed by atoms with Crippen molar-refractivity contribution in [1.29, 1.82) is 0 Å². The number of rotatable bonds is 19. The Morgan fingerprint density at radius 1 is 0.718 bits per heavy atom. The minimum atomic E-state index is -1.54. The number of aliphatic carboxylic acids is 2. The SMILES string of the molecule is CC(O)C(N)C(=O)NC(CCCN=C(N)N)C(=O)NC(CCCN=C(N)N)C(=O)NC(CCC(=O)O)C(=O)O. The molecule has 18 nitrogen and oxygen atoms in total. The second-order valence-electron chi connectivity index (χ2n) is 8.62. The second-order valence-corrected chi connectivity index (χ2v) is 8.62. The lowest BCUT2D eigenvalue weighted by molar-refractivity contribution is -0.143. The third-order valence-corrected chi connectivity index (χ3v) is 5.24. The van der Waals surface area contributed by atoms with Crippen LogP contribution in [0.25, 0.3) is 0 Å². The second kappa shape index (κ2) is 18.1. The molecule has 0 aliphatic carbocycles. The summed E-state index contributed by atoms with van der Waals surface area (Å²) in [5.74, 6) is -5.65. The fourth-order valence-electron chi connectivity index (χ4n) is 3.10. The zero-order valence-corrected chi connectivity index (χ0v) is 21.7. The van der Waals surface area contributed by atoms with E-state index in [1.165, 1.54) is 6.92 Å². The van der Waals surface area contributed by atoms with Crippen LogP contribution in [0.1, 0.15) is 45.4 Å². The van der Waals surface area contributed by atoms with Gasteiger partial charge in [-0.2, -0.15) is 0 Å². The van der Waals surface area contributed by atoms with Gasteiger partial charge in [-0.3, -0.25) is 29.2 Å². The first-order valence-electron chi connectivity index (χ1n) is 12.1. The third-order valence-electron chi connectivity index (χ3n) is 5.24. The summed E-state index contributed by atoms with van der Waals surface area (Å²) in [6.07, 6.45) is -1.74. The van der Waals surface area contributed by atoms with E-state index in [1.807, 2.05) is 0 Å². The van der Waals surface area contributed by atoms with Crippen LogP contribution in [0.5, 0.6) is 0 Å². The quantitative estimate of drug-likeness (QED) is 0.0401. The van der Waals surface area contributed by atoms with Gasteiger partial charge >= 0.3 is 11.9 Å². The molecule has 5 unspecified atom stereocenters. The fraction of sp³-hybridized carbons (Fsp3) is 0.667. The molecule has 0 radical (unpaired) electrons. The van der Waals surface area contributed by atoms with E-state index < -0.39 is 72.8 Å². The van der Waals surface area contributed by atoms with Crippen molar-refractivity contribution < 1.29 is 39.3 Å². The van der Waals surface area contributed by atoms with Crippen LogP contribution in [-0.4, -0.2) is 100 Å². The summed E-state index contributed by atoms with van der Waals surface area (Å²) in [7, 11) is 0. The number of aliphatic hydroxyl groups is 1. The van der Waals surface area contributed by atoms with E-state index in [-0.39, 0.29) is 50.7 Å². The number of nitrogens with zero attached hydrogens (tertiary/aromatic N) is 2. The highest BCUT2D eigenvalue weighted by Crippen LogP contribution is 2.06. The van der Waals surface area contributed by atoms with Crippen molar-refractivity contribution in [3.8, 4) is 0 Å². The van der Waals surface area contributed by atoms with Gasteiger partial charge in [-0.15, -0.1) is 0 Å². The highest BCUT2D eigenvalue weighted by Gasteiger charge is 2.31. The monoisotopic (exact) mass is 560 g/mol. The number of carbonyl (C=O) groups excluding carboxylic acids is 3. The van der Waals surface area contributed by atoms with Crippen LogP contribution < -0.4 is 44.6 Å². The molecular formula is C21H40N10O8. The van der Waals surface area contributed by atoms with Crippen molar-refractivity contribution in [3.63, 3.8) is 0 Å². The van der Waals surface area contributed by atoms with E-state index >= 15 is 0 Å². The Balaban J connectivity index is 5.77. The van der Waals surface area contributed by atoms with Gasteiger partial charge in [0, 0.05) is 19.5 Å². The normalized spacial score (nSPS) is 14.4. The maximum Gasteiger partial charge on any atom is 0.326 e. The maximum absolute atomic E-state index is 13.1.